The molecule has 1 atom stereocenters. The van der Waals surface area contributed by atoms with Crippen LogP contribution in [0.4, 0.5) is 5.69 Å². The van der Waals surface area contributed by atoms with Gasteiger partial charge in [0.15, 0.2) is 0 Å². The van der Waals surface area contributed by atoms with Gasteiger partial charge in [-0.2, -0.15) is 0 Å². The molecular formula is C16H16N6. The molecule has 0 bridgehead atoms. The lowest BCUT2D eigenvalue weighted by atomic mass is 10.1. The Morgan fingerprint density at radius 1 is 1.18 bits per heavy atom. The quantitative estimate of drug-likeness (QED) is 0.786. The highest BCUT2D eigenvalue weighted by atomic mass is 15.6. The number of hydrazine groups is 1. The van der Waals surface area contributed by atoms with Crippen molar-refractivity contribution in [3.05, 3.63) is 55.0 Å². The molecule has 1 aliphatic rings. The SMILES string of the molecule is CC1C(c2cncnc2)=CN(c2ccnc3[nH]ccc23)N1C. The van der Waals surface area contributed by atoms with E-state index in [0.717, 1.165) is 22.3 Å². The molecule has 1 unspecified atom stereocenters. The predicted octanol–water partition coefficient (Wildman–Crippen LogP) is 2.45. The van der Waals surface area contributed by atoms with E-state index < -0.39 is 0 Å². The van der Waals surface area contributed by atoms with Gasteiger partial charge in [-0.25, -0.2) is 20.0 Å². The van der Waals surface area contributed by atoms with Crippen molar-refractivity contribution >= 4 is 22.3 Å². The molecule has 4 heterocycles. The zero-order chi connectivity index (χ0) is 15.1. The fourth-order valence-electron chi connectivity index (χ4n) is 2.87. The fourth-order valence-corrected chi connectivity index (χ4v) is 2.87. The Kier molecular flexibility index (Phi) is 2.90. The summed E-state index contributed by atoms with van der Waals surface area (Å²) < 4.78 is 0. The van der Waals surface area contributed by atoms with Gasteiger partial charge in [0, 0.05) is 49.0 Å². The van der Waals surface area contributed by atoms with E-state index >= 15 is 0 Å². The standard InChI is InChI=1S/C16H16N6/c1-11-14(12-7-17-10-18-8-12)9-22(21(11)2)15-4-6-20-16-13(15)3-5-19-16/h3-11H,1-2H3,(H,19,20). The molecule has 1 N–H and O–H groups in total. The molecule has 0 aliphatic carbocycles. The third-order valence-corrected chi connectivity index (χ3v) is 4.19. The number of hydrogen-bond donors (Lipinski definition) is 1. The van der Waals surface area contributed by atoms with E-state index in [1.807, 2.05) is 36.9 Å². The third kappa shape index (κ3) is 1.88. The van der Waals surface area contributed by atoms with E-state index in [1.165, 1.54) is 5.57 Å². The van der Waals surface area contributed by atoms with Crippen LogP contribution >= 0.6 is 0 Å². The van der Waals surface area contributed by atoms with Crippen molar-refractivity contribution in [2.75, 3.05) is 12.1 Å². The lowest BCUT2D eigenvalue weighted by Crippen LogP contribution is -2.36. The minimum atomic E-state index is 0.244. The van der Waals surface area contributed by atoms with Crippen molar-refractivity contribution < 1.29 is 0 Å². The second kappa shape index (κ2) is 4.92. The maximum Gasteiger partial charge on any atom is 0.139 e. The van der Waals surface area contributed by atoms with Crippen molar-refractivity contribution in [1.29, 1.82) is 0 Å². The van der Waals surface area contributed by atoms with Gasteiger partial charge < -0.3 is 4.98 Å². The summed E-state index contributed by atoms with van der Waals surface area (Å²) >= 11 is 0. The van der Waals surface area contributed by atoms with Gasteiger partial charge in [-0.05, 0) is 24.6 Å². The first kappa shape index (κ1) is 13.0. The molecule has 3 aromatic heterocycles. The molecule has 0 amide bonds. The molecule has 0 spiro atoms. The van der Waals surface area contributed by atoms with Crippen molar-refractivity contribution in [1.82, 2.24) is 24.9 Å². The number of aromatic nitrogens is 4. The van der Waals surface area contributed by atoms with Crippen LogP contribution in [0.2, 0.25) is 0 Å². The van der Waals surface area contributed by atoms with Gasteiger partial charge in [0.2, 0.25) is 0 Å². The first-order valence-corrected chi connectivity index (χ1v) is 7.17. The van der Waals surface area contributed by atoms with Crippen molar-refractivity contribution in [3.63, 3.8) is 0 Å². The zero-order valence-electron chi connectivity index (χ0n) is 12.4. The Bertz CT molecular complexity index is 838. The summed E-state index contributed by atoms with van der Waals surface area (Å²) in [4.78, 5) is 15.8. The Morgan fingerprint density at radius 3 is 2.82 bits per heavy atom. The predicted molar refractivity (Wildman–Crippen MR) is 85.8 cm³/mol. The molecule has 3 aromatic rings. The summed E-state index contributed by atoms with van der Waals surface area (Å²) in [5.41, 5.74) is 4.24. The molecule has 110 valence electrons. The maximum atomic E-state index is 4.35. The Hall–Kier alpha value is -2.73. The number of pyridine rings is 1. The number of rotatable bonds is 2. The van der Waals surface area contributed by atoms with Crippen LogP contribution in [0, 0.1) is 0 Å². The number of H-pyrrole nitrogens is 1. The van der Waals surface area contributed by atoms with Crippen molar-refractivity contribution in [2.45, 2.75) is 13.0 Å². The minimum Gasteiger partial charge on any atom is -0.346 e. The van der Waals surface area contributed by atoms with Crippen LogP contribution < -0.4 is 5.01 Å². The number of nitrogens with zero attached hydrogens (tertiary/aromatic N) is 5. The summed E-state index contributed by atoms with van der Waals surface area (Å²) in [7, 11) is 2.08. The first-order chi connectivity index (χ1) is 10.8. The highest BCUT2D eigenvalue weighted by molar-refractivity contribution is 5.91. The van der Waals surface area contributed by atoms with Crippen LogP contribution in [0.1, 0.15) is 12.5 Å². The van der Waals surface area contributed by atoms with Gasteiger partial charge in [0.05, 0.1) is 11.7 Å². The van der Waals surface area contributed by atoms with E-state index in [1.54, 1.807) is 6.33 Å². The normalized spacial score (nSPS) is 18.9. The summed E-state index contributed by atoms with van der Waals surface area (Å²) in [6, 6.07) is 4.32. The van der Waals surface area contributed by atoms with Crippen LogP contribution in [0.15, 0.2) is 49.4 Å². The van der Waals surface area contributed by atoms with Gasteiger partial charge in [0.1, 0.15) is 12.0 Å². The summed E-state index contributed by atoms with van der Waals surface area (Å²) in [6.07, 6.45) is 11.1. The molecule has 22 heavy (non-hydrogen) atoms. The number of fused-ring (bicyclic) bond motifs is 1. The topological polar surface area (TPSA) is 60.9 Å². The van der Waals surface area contributed by atoms with Gasteiger partial charge in [-0.15, -0.1) is 0 Å². The maximum absolute atomic E-state index is 4.35. The number of nitrogens with one attached hydrogen (secondary N) is 1. The van der Waals surface area contributed by atoms with E-state index in [4.69, 9.17) is 0 Å². The second-order valence-corrected chi connectivity index (χ2v) is 5.38. The molecule has 0 fully saturated rings. The first-order valence-electron chi connectivity index (χ1n) is 7.17. The van der Waals surface area contributed by atoms with E-state index in [2.05, 4.69) is 50.1 Å². The average molecular weight is 292 g/mol. The van der Waals surface area contributed by atoms with E-state index in [9.17, 15) is 0 Å². The molecule has 6 heteroatoms. The van der Waals surface area contributed by atoms with Crippen LogP contribution in [0.25, 0.3) is 16.6 Å². The number of anilines is 1. The third-order valence-electron chi connectivity index (χ3n) is 4.19. The lowest BCUT2D eigenvalue weighted by Gasteiger charge is -2.29. The molecule has 0 aromatic carbocycles. The van der Waals surface area contributed by atoms with Crippen molar-refractivity contribution in [2.24, 2.45) is 0 Å². The molecule has 0 saturated heterocycles. The molecule has 4 rings (SSSR count). The van der Waals surface area contributed by atoms with Crippen LogP contribution in [-0.2, 0) is 0 Å². The van der Waals surface area contributed by atoms with Crippen LogP contribution in [0.3, 0.4) is 0 Å². The van der Waals surface area contributed by atoms with Gasteiger partial charge >= 0.3 is 0 Å². The van der Waals surface area contributed by atoms with Crippen LogP contribution in [0.5, 0.6) is 0 Å². The van der Waals surface area contributed by atoms with E-state index in [-0.39, 0.29) is 6.04 Å². The second-order valence-electron chi connectivity index (χ2n) is 5.38. The smallest absolute Gasteiger partial charge is 0.139 e. The highest BCUT2D eigenvalue weighted by Gasteiger charge is 2.29. The fraction of sp³-hybridized carbons (Fsp3) is 0.188. The lowest BCUT2D eigenvalue weighted by molar-refractivity contribution is 0.327. The Morgan fingerprint density at radius 2 is 2.00 bits per heavy atom. The highest BCUT2D eigenvalue weighted by Crippen LogP contribution is 2.35. The molecule has 0 radical (unpaired) electrons. The summed E-state index contributed by atoms with van der Waals surface area (Å²) in [6.45, 7) is 2.17. The zero-order valence-corrected chi connectivity index (χ0v) is 12.4. The molecule has 6 nitrogen and oxygen atoms in total. The number of hydrogen-bond acceptors (Lipinski definition) is 5. The van der Waals surface area contributed by atoms with Crippen molar-refractivity contribution in [3.8, 4) is 0 Å². The minimum absolute atomic E-state index is 0.244. The molecular weight excluding hydrogens is 276 g/mol. The van der Waals surface area contributed by atoms with Gasteiger partial charge in [-0.3, -0.25) is 5.01 Å². The Labute approximate surface area is 128 Å². The number of aromatic amines is 1. The van der Waals surface area contributed by atoms with Crippen LogP contribution in [-0.4, -0.2) is 38.0 Å². The average Bonchev–Trinajstić information content (AvgIpc) is 3.14. The summed E-state index contributed by atoms with van der Waals surface area (Å²) in [5, 5.41) is 5.46. The Balaban J connectivity index is 1.82. The van der Waals surface area contributed by atoms with E-state index in [0.29, 0.717) is 0 Å². The molecule has 1 aliphatic heterocycles. The number of likely N-dealkylation sites (N-methyl/N-ethyl adjacent to an activating group) is 1. The molecule has 0 saturated carbocycles. The van der Waals surface area contributed by atoms with Gasteiger partial charge in [0.25, 0.3) is 0 Å². The van der Waals surface area contributed by atoms with Gasteiger partial charge in [-0.1, -0.05) is 0 Å². The largest absolute Gasteiger partial charge is 0.346 e. The monoisotopic (exact) mass is 292 g/mol. The summed E-state index contributed by atoms with van der Waals surface area (Å²) in [5.74, 6) is 0.